The van der Waals surface area contributed by atoms with E-state index in [1.807, 2.05) is 31.2 Å². The molecule has 2 N–H and O–H groups in total. The first-order valence-corrected chi connectivity index (χ1v) is 9.23. The molecule has 0 aliphatic heterocycles. The van der Waals surface area contributed by atoms with Gasteiger partial charge >= 0.3 is 0 Å². The van der Waals surface area contributed by atoms with Crippen molar-refractivity contribution in [2.45, 2.75) is 38.3 Å². The van der Waals surface area contributed by atoms with E-state index in [1.165, 1.54) is 12.1 Å². The molecule has 24 heavy (non-hydrogen) atoms. The average molecular weight is 346 g/mol. The van der Waals surface area contributed by atoms with Gasteiger partial charge in [0.05, 0.1) is 10.5 Å². The Morgan fingerprint density at radius 1 is 1.04 bits per heavy atom. The molecule has 0 radical (unpaired) electrons. The summed E-state index contributed by atoms with van der Waals surface area (Å²) in [5.74, 6) is -0.416. The lowest BCUT2D eigenvalue weighted by atomic mass is 10.1. The van der Waals surface area contributed by atoms with Crippen LogP contribution >= 0.6 is 0 Å². The predicted octanol–water partition coefficient (Wildman–Crippen LogP) is 2.61. The van der Waals surface area contributed by atoms with Crippen LogP contribution in [0.3, 0.4) is 0 Å². The van der Waals surface area contributed by atoms with Crippen molar-refractivity contribution in [2.24, 2.45) is 0 Å². The van der Waals surface area contributed by atoms with Gasteiger partial charge in [-0.1, -0.05) is 42.0 Å². The normalized spacial score (nSPS) is 11.5. The highest BCUT2D eigenvalue weighted by molar-refractivity contribution is 7.89. The maximum absolute atomic E-state index is 12.4. The Bertz CT molecular complexity index is 812. The Morgan fingerprint density at radius 3 is 2.29 bits per heavy atom. The quantitative estimate of drug-likeness (QED) is 0.844. The van der Waals surface area contributed by atoms with Crippen LogP contribution in [0.25, 0.3) is 0 Å². The van der Waals surface area contributed by atoms with Crippen molar-refractivity contribution in [1.82, 2.24) is 10.0 Å². The topological polar surface area (TPSA) is 75.3 Å². The summed E-state index contributed by atoms with van der Waals surface area (Å²) in [4.78, 5) is 12.4. The summed E-state index contributed by atoms with van der Waals surface area (Å²) in [5, 5.41) is 2.77. The summed E-state index contributed by atoms with van der Waals surface area (Å²) in [6, 6.07) is 13.7. The number of amides is 1. The van der Waals surface area contributed by atoms with Gasteiger partial charge in [0, 0.05) is 12.6 Å². The van der Waals surface area contributed by atoms with E-state index in [9.17, 15) is 13.2 Å². The van der Waals surface area contributed by atoms with Gasteiger partial charge < -0.3 is 5.32 Å². The van der Waals surface area contributed by atoms with Gasteiger partial charge in [0.1, 0.15) is 0 Å². The van der Waals surface area contributed by atoms with E-state index in [1.54, 1.807) is 26.0 Å². The lowest BCUT2D eigenvalue weighted by Gasteiger charge is -2.13. The number of carbonyl (C=O) groups is 1. The van der Waals surface area contributed by atoms with Crippen LogP contribution in [0.5, 0.6) is 0 Å². The number of carbonyl (C=O) groups excluding carboxylic acids is 1. The van der Waals surface area contributed by atoms with E-state index in [-0.39, 0.29) is 16.5 Å². The van der Waals surface area contributed by atoms with Gasteiger partial charge in [-0.05, 0) is 38.5 Å². The van der Waals surface area contributed by atoms with Crippen molar-refractivity contribution in [1.29, 1.82) is 0 Å². The number of sulfonamides is 1. The Morgan fingerprint density at radius 2 is 1.67 bits per heavy atom. The van der Waals surface area contributed by atoms with Gasteiger partial charge in [-0.3, -0.25) is 4.79 Å². The van der Waals surface area contributed by atoms with Gasteiger partial charge in [0.25, 0.3) is 5.91 Å². The largest absolute Gasteiger partial charge is 0.348 e. The number of hydrogen-bond acceptors (Lipinski definition) is 3. The third-order valence-corrected chi connectivity index (χ3v) is 5.10. The van der Waals surface area contributed by atoms with Gasteiger partial charge in [-0.2, -0.15) is 0 Å². The van der Waals surface area contributed by atoms with Crippen molar-refractivity contribution in [2.75, 3.05) is 0 Å². The third kappa shape index (κ3) is 4.66. The van der Waals surface area contributed by atoms with Crippen LogP contribution in [-0.4, -0.2) is 20.4 Å². The minimum Gasteiger partial charge on any atom is -0.348 e. The van der Waals surface area contributed by atoms with Crippen LogP contribution in [0.1, 0.15) is 35.3 Å². The molecule has 0 saturated carbocycles. The summed E-state index contributed by atoms with van der Waals surface area (Å²) in [6.07, 6.45) is 0. The lowest BCUT2D eigenvalue weighted by Crippen LogP contribution is -2.33. The zero-order chi connectivity index (χ0) is 17.7. The van der Waals surface area contributed by atoms with Crippen molar-refractivity contribution < 1.29 is 13.2 Å². The molecular weight excluding hydrogens is 324 g/mol. The monoisotopic (exact) mass is 346 g/mol. The SMILES string of the molecule is Cc1ccc(CNC(=O)c2ccccc2S(=O)(=O)NC(C)C)cc1. The standard InChI is InChI=1S/C18H22N2O3S/c1-13(2)20-24(22,23)17-7-5-4-6-16(17)18(21)19-12-15-10-8-14(3)9-11-15/h4-11,13,20H,12H2,1-3H3,(H,19,21). The first kappa shape index (κ1) is 18.2. The Kier molecular flexibility index (Phi) is 5.75. The minimum absolute atomic E-state index is 0.0138. The van der Waals surface area contributed by atoms with Crippen molar-refractivity contribution in [3.63, 3.8) is 0 Å². The maximum Gasteiger partial charge on any atom is 0.252 e. The van der Waals surface area contributed by atoms with Crippen molar-refractivity contribution >= 4 is 15.9 Å². The van der Waals surface area contributed by atoms with Crippen LogP contribution in [0.2, 0.25) is 0 Å². The van der Waals surface area contributed by atoms with Crippen LogP contribution in [-0.2, 0) is 16.6 Å². The summed E-state index contributed by atoms with van der Waals surface area (Å²) >= 11 is 0. The fraction of sp³-hybridized carbons (Fsp3) is 0.278. The molecule has 2 rings (SSSR count). The van der Waals surface area contributed by atoms with E-state index in [0.29, 0.717) is 6.54 Å². The molecule has 0 atom stereocenters. The van der Waals surface area contributed by atoms with Crippen molar-refractivity contribution in [3.8, 4) is 0 Å². The summed E-state index contributed by atoms with van der Waals surface area (Å²) in [7, 11) is -3.73. The smallest absolute Gasteiger partial charge is 0.252 e. The molecule has 128 valence electrons. The molecule has 0 spiro atoms. The second-order valence-electron chi connectivity index (χ2n) is 5.94. The molecule has 0 aliphatic rings. The Balaban J connectivity index is 2.19. The van der Waals surface area contributed by atoms with Crippen LogP contribution in [0.15, 0.2) is 53.4 Å². The van der Waals surface area contributed by atoms with Crippen LogP contribution < -0.4 is 10.0 Å². The van der Waals surface area contributed by atoms with Crippen LogP contribution in [0, 0.1) is 6.92 Å². The fourth-order valence-corrected chi connectivity index (χ4v) is 3.70. The van der Waals surface area contributed by atoms with E-state index >= 15 is 0 Å². The first-order valence-electron chi connectivity index (χ1n) is 7.74. The molecule has 5 nitrogen and oxygen atoms in total. The molecular formula is C18H22N2O3S. The fourth-order valence-electron chi connectivity index (χ4n) is 2.25. The van der Waals surface area contributed by atoms with Crippen molar-refractivity contribution in [3.05, 3.63) is 65.2 Å². The maximum atomic E-state index is 12.4. The molecule has 0 saturated heterocycles. The van der Waals surface area contributed by atoms with E-state index in [4.69, 9.17) is 0 Å². The average Bonchev–Trinajstić information content (AvgIpc) is 2.53. The number of nitrogens with one attached hydrogen (secondary N) is 2. The second kappa shape index (κ2) is 7.59. The van der Waals surface area contributed by atoms with E-state index < -0.39 is 15.9 Å². The van der Waals surface area contributed by atoms with Crippen LogP contribution in [0.4, 0.5) is 0 Å². The van der Waals surface area contributed by atoms with Gasteiger partial charge in [-0.15, -0.1) is 0 Å². The predicted molar refractivity (Wildman–Crippen MR) is 94.2 cm³/mol. The number of rotatable bonds is 6. The summed E-state index contributed by atoms with van der Waals surface area (Å²) in [5.41, 5.74) is 2.23. The van der Waals surface area contributed by atoms with Gasteiger partial charge in [0.15, 0.2) is 0 Å². The minimum atomic E-state index is -3.73. The number of benzene rings is 2. The summed E-state index contributed by atoms with van der Waals surface area (Å²) < 4.78 is 27.3. The van der Waals surface area contributed by atoms with E-state index in [0.717, 1.165) is 11.1 Å². The molecule has 6 heteroatoms. The van der Waals surface area contributed by atoms with Gasteiger partial charge in [0.2, 0.25) is 10.0 Å². The Labute approximate surface area is 143 Å². The molecule has 0 heterocycles. The number of aryl methyl sites for hydroxylation is 1. The van der Waals surface area contributed by atoms with Gasteiger partial charge in [-0.25, -0.2) is 13.1 Å². The highest BCUT2D eigenvalue weighted by Gasteiger charge is 2.22. The molecule has 2 aromatic rings. The molecule has 0 aromatic heterocycles. The molecule has 0 fully saturated rings. The highest BCUT2D eigenvalue weighted by atomic mass is 32.2. The lowest BCUT2D eigenvalue weighted by molar-refractivity contribution is 0.0947. The summed E-state index contributed by atoms with van der Waals surface area (Å²) in [6.45, 7) is 5.80. The van der Waals surface area contributed by atoms with E-state index in [2.05, 4.69) is 10.0 Å². The molecule has 1 amide bonds. The molecule has 0 aliphatic carbocycles. The second-order valence-corrected chi connectivity index (χ2v) is 7.62. The zero-order valence-corrected chi connectivity index (χ0v) is 14.9. The number of hydrogen-bond donors (Lipinski definition) is 2. The highest BCUT2D eigenvalue weighted by Crippen LogP contribution is 2.16. The Hall–Kier alpha value is -2.18. The molecule has 0 bridgehead atoms. The first-order chi connectivity index (χ1) is 11.3. The molecule has 2 aromatic carbocycles. The third-order valence-electron chi connectivity index (χ3n) is 3.39. The molecule has 0 unspecified atom stereocenters. The zero-order valence-electron chi connectivity index (χ0n) is 14.0.